The highest BCUT2D eigenvalue weighted by atomic mass is 79.9. The van der Waals surface area contributed by atoms with E-state index in [1.165, 1.54) is 16.7 Å². The van der Waals surface area contributed by atoms with Crippen LogP contribution >= 0.6 is 27.7 Å². The minimum absolute atomic E-state index is 0.00350. The Hall–Kier alpha value is -1.01. The number of nitrogens with zero attached hydrogens (tertiary/aromatic N) is 1. The Morgan fingerprint density at radius 2 is 2.05 bits per heavy atom. The summed E-state index contributed by atoms with van der Waals surface area (Å²) in [5.41, 5.74) is 0. The maximum Gasteiger partial charge on any atom is 0.407 e. The molecule has 19 heavy (non-hydrogen) atoms. The van der Waals surface area contributed by atoms with Crippen molar-refractivity contribution in [1.29, 1.82) is 0 Å². The standard InChI is InChI=1S/C13H14BrNO3S/c14-9-3-5-10(6-4-9)19-12-2-1-7-15(13(17)18)8-11(12)16/h3-6,12H,1-2,7-8H2,(H,17,18). The molecular weight excluding hydrogens is 330 g/mol. The van der Waals surface area contributed by atoms with Crippen molar-refractivity contribution in [3.05, 3.63) is 28.7 Å². The first-order valence-corrected chi connectivity index (χ1v) is 7.66. The lowest BCUT2D eigenvalue weighted by Gasteiger charge is -2.15. The molecule has 1 heterocycles. The molecule has 4 nitrogen and oxygen atoms in total. The summed E-state index contributed by atoms with van der Waals surface area (Å²) in [6.45, 7) is 0.446. The van der Waals surface area contributed by atoms with Crippen LogP contribution in [0.1, 0.15) is 12.8 Å². The molecule has 1 atom stereocenters. The number of rotatable bonds is 2. The van der Waals surface area contributed by atoms with Crippen LogP contribution in [0.15, 0.2) is 33.6 Å². The van der Waals surface area contributed by atoms with Crippen molar-refractivity contribution in [3.63, 3.8) is 0 Å². The van der Waals surface area contributed by atoms with Gasteiger partial charge in [-0.05, 0) is 37.1 Å². The molecule has 0 aliphatic carbocycles. The normalized spacial score (nSPS) is 20.2. The monoisotopic (exact) mass is 343 g/mol. The zero-order valence-corrected chi connectivity index (χ0v) is 12.6. The van der Waals surface area contributed by atoms with Crippen LogP contribution in [0.5, 0.6) is 0 Å². The van der Waals surface area contributed by atoms with Crippen LogP contribution in [0.25, 0.3) is 0 Å². The SMILES string of the molecule is O=C1CN(C(=O)O)CCCC1Sc1ccc(Br)cc1. The maximum atomic E-state index is 12.1. The smallest absolute Gasteiger partial charge is 0.407 e. The molecule has 1 unspecified atom stereocenters. The van der Waals surface area contributed by atoms with Gasteiger partial charge in [0.05, 0.1) is 11.8 Å². The predicted octanol–water partition coefficient (Wildman–Crippen LogP) is 3.25. The number of likely N-dealkylation sites (tertiary alicyclic amines) is 1. The number of thioether (sulfide) groups is 1. The largest absolute Gasteiger partial charge is 0.465 e. The Kier molecular flexibility index (Phi) is 4.87. The van der Waals surface area contributed by atoms with Crippen molar-refractivity contribution in [1.82, 2.24) is 4.90 Å². The van der Waals surface area contributed by atoms with E-state index in [-0.39, 0.29) is 17.6 Å². The summed E-state index contributed by atoms with van der Waals surface area (Å²) in [6, 6.07) is 7.80. The second-order valence-corrected chi connectivity index (χ2v) is 6.56. The first-order chi connectivity index (χ1) is 9.06. The van der Waals surface area contributed by atoms with Crippen LogP contribution in [-0.2, 0) is 4.79 Å². The van der Waals surface area contributed by atoms with Gasteiger partial charge in [0.1, 0.15) is 0 Å². The molecule has 0 aromatic heterocycles. The molecule has 1 amide bonds. The number of benzene rings is 1. The first-order valence-electron chi connectivity index (χ1n) is 5.99. The van der Waals surface area contributed by atoms with Gasteiger partial charge in [0.2, 0.25) is 0 Å². The molecule has 0 radical (unpaired) electrons. The first kappa shape index (κ1) is 14.4. The summed E-state index contributed by atoms with van der Waals surface area (Å²) in [5.74, 6) is -0.00665. The summed E-state index contributed by atoms with van der Waals surface area (Å²) in [4.78, 5) is 25.2. The third kappa shape index (κ3) is 3.98. The second-order valence-electron chi connectivity index (χ2n) is 4.37. The number of carbonyl (C=O) groups excluding carboxylic acids is 1. The molecule has 1 aliphatic rings. The van der Waals surface area contributed by atoms with E-state index in [0.29, 0.717) is 6.54 Å². The highest BCUT2D eigenvalue weighted by molar-refractivity contribution is 9.10. The van der Waals surface area contributed by atoms with Crippen molar-refractivity contribution in [2.24, 2.45) is 0 Å². The fourth-order valence-corrected chi connectivity index (χ4v) is 3.34. The van der Waals surface area contributed by atoms with Gasteiger partial charge < -0.3 is 10.0 Å². The van der Waals surface area contributed by atoms with Crippen LogP contribution in [-0.4, -0.2) is 40.2 Å². The van der Waals surface area contributed by atoms with Crippen molar-refractivity contribution in [2.75, 3.05) is 13.1 Å². The molecule has 1 aromatic carbocycles. The molecule has 1 aromatic rings. The molecule has 102 valence electrons. The van der Waals surface area contributed by atoms with Gasteiger partial charge >= 0.3 is 6.09 Å². The zero-order chi connectivity index (χ0) is 13.8. The Morgan fingerprint density at radius 3 is 2.68 bits per heavy atom. The zero-order valence-electron chi connectivity index (χ0n) is 10.2. The number of Topliss-reactive ketones (excluding diaryl/α,β-unsaturated/α-hetero) is 1. The van der Waals surface area contributed by atoms with Crippen LogP contribution < -0.4 is 0 Å². The minimum atomic E-state index is -1.01. The van der Waals surface area contributed by atoms with Gasteiger partial charge in [-0.1, -0.05) is 15.9 Å². The molecule has 0 saturated carbocycles. The van der Waals surface area contributed by atoms with E-state index in [0.717, 1.165) is 22.2 Å². The van der Waals surface area contributed by atoms with E-state index >= 15 is 0 Å². The fourth-order valence-electron chi connectivity index (χ4n) is 1.96. The summed E-state index contributed by atoms with van der Waals surface area (Å²) >= 11 is 4.89. The second kappa shape index (κ2) is 6.43. The third-order valence-electron chi connectivity index (χ3n) is 2.96. The van der Waals surface area contributed by atoms with Gasteiger partial charge in [0, 0.05) is 15.9 Å². The van der Waals surface area contributed by atoms with E-state index in [9.17, 15) is 9.59 Å². The van der Waals surface area contributed by atoms with Gasteiger partial charge in [-0.3, -0.25) is 4.79 Å². The average molecular weight is 344 g/mol. The number of ketones is 1. The Balaban J connectivity index is 2.02. The van der Waals surface area contributed by atoms with E-state index in [1.807, 2.05) is 24.3 Å². The Morgan fingerprint density at radius 1 is 1.37 bits per heavy atom. The maximum absolute atomic E-state index is 12.1. The number of carbonyl (C=O) groups is 2. The molecule has 1 aliphatic heterocycles. The average Bonchev–Trinajstić information content (AvgIpc) is 2.55. The molecule has 0 spiro atoms. The van der Waals surface area contributed by atoms with Crippen LogP contribution in [0.2, 0.25) is 0 Å². The van der Waals surface area contributed by atoms with E-state index < -0.39 is 6.09 Å². The number of carboxylic acid groups (broad SMARTS) is 1. The van der Waals surface area contributed by atoms with Crippen LogP contribution in [0, 0.1) is 0 Å². The van der Waals surface area contributed by atoms with Crippen molar-refractivity contribution < 1.29 is 14.7 Å². The lowest BCUT2D eigenvalue weighted by Crippen LogP contribution is -2.35. The van der Waals surface area contributed by atoms with E-state index in [1.54, 1.807) is 0 Å². The summed E-state index contributed by atoms with van der Waals surface area (Å²) in [7, 11) is 0. The number of amides is 1. The van der Waals surface area contributed by atoms with Crippen LogP contribution in [0.3, 0.4) is 0 Å². The molecule has 6 heteroatoms. The summed E-state index contributed by atoms with van der Waals surface area (Å²) in [5, 5.41) is 8.80. The minimum Gasteiger partial charge on any atom is -0.465 e. The number of hydrogen-bond acceptors (Lipinski definition) is 3. The van der Waals surface area contributed by atoms with E-state index in [4.69, 9.17) is 5.11 Å². The molecular formula is C13H14BrNO3S. The number of halogens is 1. The fraction of sp³-hybridized carbons (Fsp3) is 0.385. The van der Waals surface area contributed by atoms with Gasteiger partial charge in [-0.25, -0.2) is 4.79 Å². The van der Waals surface area contributed by atoms with Crippen LogP contribution in [0.4, 0.5) is 4.79 Å². The molecule has 1 N–H and O–H groups in total. The van der Waals surface area contributed by atoms with Crippen molar-refractivity contribution in [2.45, 2.75) is 23.0 Å². The topological polar surface area (TPSA) is 57.6 Å². The van der Waals surface area contributed by atoms with Gasteiger partial charge in [0.25, 0.3) is 0 Å². The molecule has 1 saturated heterocycles. The molecule has 2 rings (SSSR count). The summed E-state index contributed by atoms with van der Waals surface area (Å²) < 4.78 is 1.00. The van der Waals surface area contributed by atoms with Gasteiger partial charge in [-0.15, -0.1) is 11.8 Å². The van der Waals surface area contributed by atoms with Gasteiger partial charge in [0.15, 0.2) is 5.78 Å². The lowest BCUT2D eigenvalue weighted by atomic mass is 10.2. The molecule has 0 bridgehead atoms. The number of hydrogen-bond donors (Lipinski definition) is 1. The molecule has 1 fully saturated rings. The van der Waals surface area contributed by atoms with Crippen molar-refractivity contribution in [3.8, 4) is 0 Å². The Labute approximate surface area is 124 Å². The lowest BCUT2D eigenvalue weighted by molar-refractivity contribution is -0.118. The Bertz CT molecular complexity index is 477. The highest BCUT2D eigenvalue weighted by Gasteiger charge is 2.27. The van der Waals surface area contributed by atoms with Gasteiger partial charge in [-0.2, -0.15) is 0 Å². The third-order valence-corrected chi connectivity index (χ3v) is 4.82. The highest BCUT2D eigenvalue weighted by Crippen LogP contribution is 2.29. The van der Waals surface area contributed by atoms with Crippen molar-refractivity contribution >= 4 is 39.6 Å². The summed E-state index contributed by atoms with van der Waals surface area (Å²) in [6.07, 6.45) is 0.443. The predicted molar refractivity (Wildman–Crippen MR) is 77.6 cm³/mol. The van der Waals surface area contributed by atoms with E-state index in [2.05, 4.69) is 15.9 Å². The quantitative estimate of drug-likeness (QED) is 0.895.